The Bertz CT molecular complexity index is 713. The zero-order chi connectivity index (χ0) is 16.8. The minimum Gasteiger partial charge on any atom is -0.491 e. The van der Waals surface area contributed by atoms with Crippen molar-refractivity contribution in [2.24, 2.45) is 5.92 Å². The second-order valence-corrected chi connectivity index (χ2v) is 5.54. The summed E-state index contributed by atoms with van der Waals surface area (Å²) in [5.41, 5.74) is 0.984. The summed E-state index contributed by atoms with van der Waals surface area (Å²) in [5, 5.41) is 2.66. The Kier molecular flexibility index (Phi) is 5.46. The second-order valence-electron chi connectivity index (χ2n) is 5.54. The summed E-state index contributed by atoms with van der Waals surface area (Å²) in [4.78, 5) is 23.2. The topological polar surface area (TPSA) is 55.4 Å². The van der Waals surface area contributed by atoms with Crippen molar-refractivity contribution in [1.29, 1.82) is 0 Å². The maximum absolute atomic E-state index is 13.2. The van der Waals surface area contributed by atoms with Gasteiger partial charge >= 0.3 is 0 Å². The highest BCUT2D eigenvalue weighted by molar-refractivity contribution is 6.05. The molecule has 1 N–H and O–H groups in total. The lowest BCUT2D eigenvalue weighted by Gasteiger charge is -2.14. The van der Waals surface area contributed by atoms with Crippen LogP contribution in [0.25, 0.3) is 0 Å². The van der Waals surface area contributed by atoms with Gasteiger partial charge in [-0.05, 0) is 42.3 Å². The van der Waals surface area contributed by atoms with Crippen LogP contribution in [0.3, 0.4) is 0 Å². The molecule has 0 aliphatic heterocycles. The second kappa shape index (κ2) is 7.54. The molecular weight excluding hydrogens is 297 g/mol. The van der Waals surface area contributed by atoms with E-state index in [1.807, 2.05) is 13.8 Å². The number of hydrogen-bond donors (Lipinski definition) is 1. The first-order chi connectivity index (χ1) is 11.0. The van der Waals surface area contributed by atoms with Crippen LogP contribution >= 0.6 is 0 Å². The molecule has 0 fully saturated rings. The van der Waals surface area contributed by atoms with Crippen molar-refractivity contribution in [3.63, 3.8) is 0 Å². The van der Waals surface area contributed by atoms with Crippen molar-refractivity contribution in [3.05, 3.63) is 59.4 Å². The molecule has 0 atom stereocenters. The quantitative estimate of drug-likeness (QED) is 0.822. The van der Waals surface area contributed by atoms with E-state index in [-0.39, 0.29) is 5.56 Å². The zero-order valence-electron chi connectivity index (χ0n) is 13.0. The van der Waals surface area contributed by atoms with E-state index in [1.165, 1.54) is 24.3 Å². The average Bonchev–Trinajstić information content (AvgIpc) is 2.53. The summed E-state index contributed by atoms with van der Waals surface area (Å²) in [6.45, 7) is 4.48. The molecule has 23 heavy (non-hydrogen) atoms. The largest absolute Gasteiger partial charge is 0.491 e. The van der Waals surface area contributed by atoms with Crippen LogP contribution in [0.1, 0.15) is 34.6 Å². The van der Waals surface area contributed by atoms with Crippen LogP contribution in [0.4, 0.5) is 10.1 Å². The molecule has 1 amide bonds. The summed E-state index contributed by atoms with van der Waals surface area (Å²) in [6, 6.07) is 10.2. The van der Waals surface area contributed by atoms with Crippen LogP contribution in [0.15, 0.2) is 42.5 Å². The number of anilines is 1. The van der Waals surface area contributed by atoms with Crippen LogP contribution < -0.4 is 10.1 Å². The highest BCUT2D eigenvalue weighted by atomic mass is 19.1. The molecular formula is C18H18FNO3. The SMILES string of the molecule is CC(C)COc1ccc(C=O)cc1NC(=O)c1cccc(F)c1. The Morgan fingerprint density at radius 2 is 2.04 bits per heavy atom. The lowest BCUT2D eigenvalue weighted by atomic mass is 10.1. The molecule has 120 valence electrons. The highest BCUT2D eigenvalue weighted by Crippen LogP contribution is 2.26. The number of rotatable bonds is 6. The molecule has 2 aromatic rings. The molecule has 0 bridgehead atoms. The van der Waals surface area contributed by atoms with Gasteiger partial charge in [-0.15, -0.1) is 0 Å². The number of carbonyl (C=O) groups excluding carboxylic acids is 2. The lowest BCUT2D eigenvalue weighted by molar-refractivity contribution is 0.102. The number of ether oxygens (including phenoxy) is 1. The number of nitrogens with one attached hydrogen (secondary N) is 1. The van der Waals surface area contributed by atoms with E-state index in [4.69, 9.17) is 4.74 Å². The molecule has 0 heterocycles. The number of amides is 1. The number of hydrogen-bond acceptors (Lipinski definition) is 3. The molecule has 5 heteroatoms. The van der Waals surface area contributed by atoms with E-state index in [0.29, 0.717) is 35.8 Å². The van der Waals surface area contributed by atoms with Crippen LogP contribution in [0.2, 0.25) is 0 Å². The first-order valence-corrected chi connectivity index (χ1v) is 7.28. The van der Waals surface area contributed by atoms with Crippen molar-refractivity contribution in [2.75, 3.05) is 11.9 Å². The molecule has 0 unspecified atom stereocenters. The number of carbonyl (C=O) groups is 2. The van der Waals surface area contributed by atoms with Gasteiger partial charge in [0, 0.05) is 11.1 Å². The van der Waals surface area contributed by atoms with Crippen molar-refractivity contribution < 1.29 is 18.7 Å². The molecule has 0 saturated carbocycles. The fourth-order valence-electron chi connectivity index (χ4n) is 1.93. The predicted octanol–water partition coefficient (Wildman–Crippen LogP) is 3.93. The van der Waals surface area contributed by atoms with Crippen LogP contribution in [0.5, 0.6) is 5.75 Å². The van der Waals surface area contributed by atoms with Crippen molar-refractivity contribution in [3.8, 4) is 5.75 Å². The first kappa shape index (κ1) is 16.7. The van der Waals surface area contributed by atoms with Gasteiger partial charge in [-0.1, -0.05) is 19.9 Å². The van der Waals surface area contributed by atoms with E-state index in [1.54, 1.807) is 12.1 Å². The summed E-state index contributed by atoms with van der Waals surface area (Å²) < 4.78 is 18.9. The molecule has 0 saturated heterocycles. The third kappa shape index (κ3) is 4.64. The number of aldehydes is 1. The van der Waals surface area contributed by atoms with Crippen LogP contribution in [-0.2, 0) is 0 Å². The van der Waals surface area contributed by atoms with Gasteiger partial charge in [0.15, 0.2) is 0 Å². The summed E-state index contributed by atoms with van der Waals surface area (Å²) in [7, 11) is 0. The fraction of sp³-hybridized carbons (Fsp3) is 0.222. The predicted molar refractivity (Wildman–Crippen MR) is 86.5 cm³/mol. The van der Waals surface area contributed by atoms with E-state index in [0.717, 1.165) is 6.07 Å². The summed E-state index contributed by atoms with van der Waals surface area (Å²) >= 11 is 0. The molecule has 0 radical (unpaired) electrons. The van der Waals surface area contributed by atoms with Crippen LogP contribution in [-0.4, -0.2) is 18.8 Å². The van der Waals surface area contributed by atoms with E-state index >= 15 is 0 Å². The molecule has 2 rings (SSSR count). The van der Waals surface area contributed by atoms with E-state index in [9.17, 15) is 14.0 Å². The smallest absolute Gasteiger partial charge is 0.255 e. The molecule has 4 nitrogen and oxygen atoms in total. The fourth-order valence-corrected chi connectivity index (χ4v) is 1.93. The standard InChI is InChI=1S/C18H18FNO3/c1-12(2)11-23-17-7-6-13(10-21)8-16(17)20-18(22)14-4-3-5-15(19)9-14/h3-10,12H,11H2,1-2H3,(H,20,22). The van der Waals surface area contributed by atoms with Gasteiger partial charge in [0.25, 0.3) is 5.91 Å². The third-order valence-electron chi connectivity index (χ3n) is 3.05. The number of halogens is 1. The van der Waals surface area contributed by atoms with Gasteiger partial charge in [-0.3, -0.25) is 9.59 Å². The Balaban J connectivity index is 2.25. The van der Waals surface area contributed by atoms with Crippen molar-refractivity contribution in [1.82, 2.24) is 0 Å². The Morgan fingerprint density at radius 1 is 1.26 bits per heavy atom. The maximum atomic E-state index is 13.2. The van der Waals surface area contributed by atoms with E-state index < -0.39 is 11.7 Å². The number of benzene rings is 2. The normalized spacial score (nSPS) is 10.4. The lowest BCUT2D eigenvalue weighted by Crippen LogP contribution is -2.14. The minimum absolute atomic E-state index is 0.191. The summed E-state index contributed by atoms with van der Waals surface area (Å²) in [5.74, 6) is -0.181. The molecule has 0 aliphatic rings. The molecule has 0 aromatic heterocycles. The minimum atomic E-state index is -0.490. The van der Waals surface area contributed by atoms with Crippen LogP contribution in [0, 0.1) is 11.7 Å². The maximum Gasteiger partial charge on any atom is 0.255 e. The van der Waals surface area contributed by atoms with E-state index in [2.05, 4.69) is 5.32 Å². The summed E-state index contributed by atoms with van der Waals surface area (Å²) in [6.07, 6.45) is 0.685. The third-order valence-corrected chi connectivity index (χ3v) is 3.05. The molecule has 0 spiro atoms. The molecule has 2 aromatic carbocycles. The van der Waals surface area contributed by atoms with Gasteiger partial charge in [-0.2, -0.15) is 0 Å². The Morgan fingerprint density at radius 3 is 2.70 bits per heavy atom. The first-order valence-electron chi connectivity index (χ1n) is 7.28. The van der Waals surface area contributed by atoms with Gasteiger partial charge < -0.3 is 10.1 Å². The van der Waals surface area contributed by atoms with Gasteiger partial charge in [0.1, 0.15) is 17.9 Å². The average molecular weight is 315 g/mol. The monoisotopic (exact) mass is 315 g/mol. The highest BCUT2D eigenvalue weighted by Gasteiger charge is 2.12. The van der Waals surface area contributed by atoms with Gasteiger partial charge in [0.05, 0.1) is 12.3 Å². The zero-order valence-corrected chi connectivity index (χ0v) is 13.0. The molecule has 0 aliphatic carbocycles. The Labute approximate surface area is 134 Å². The van der Waals surface area contributed by atoms with Crippen molar-refractivity contribution in [2.45, 2.75) is 13.8 Å². The van der Waals surface area contributed by atoms with Gasteiger partial charge in [-0.25, -0.2) is 4.39 Å². The van der Waals surface area contributed by atoms with Gasteiger partial charge in [0.2, 0.25) is 0 Å². The Hall–Kier alpha value is -2.69. The van der Waals surface area contributed by atoms with Crippen molar-refractivity contribution >= 4 is 17.9 Å².